The quantitative estimate of drug-likeness (QED) is 0.768. The molecular weight excluding hydrogens is 400 g/mol. The zero-order valence-electron chi connectivity index (χ0n) is 17.9. The van der Waals surface area contributed by atoms with Gasteiger partial charge in [0.25, 0.3) is 0 Å². The number of nitrogens with one attached hydrogen (secondary N) is 1. The second-order valence-electron chi connectivity index (χ2n) is 8.66. The Hall–Kier alpha value is -2.92. The van der Waals surface area contributed by atoms with E-state index < -0.39 is 5.60 Å². The second-order valence-corrected chi connectivity index (χ2v) is 9.74. The Labute approximate surface area is 180 Å². The maximum Gasteiger partial charge on any atom is 0.411 e. The van der Waals surface area contributed by atoms with Crippen LogP contribution in [0.2, 0.25) is 0 Å². The Balaban J connectivity index is 1.69. The number of anilines is 1. The second kappa shape index (κ2) is 8.44. The summed E-state index contributed by atoms with van der Waals surface area (Å²) in [6.45, 7) is 10.1. The van der Waals surface area contributed by atoms with Gasteiger partial charge in [-0.1, -0.05) is 37.3 Å². The first-order chi connectivity index (χ1) is 14.1. The number of benzene rings is 1. The maximum atomic E-state index is 12.6. The van der Waals surface area contributed by atoms with Crippen LogP contribution in [0, 0.1) is 17.2 Å². The number of aromatic nitrogens is 1. The highest BCUT2D eigenvalue weighted by Crippen LogP contribution is 2.43. The van der Waals surface area contributed by atoms with E-state index in [4.69, 9.17) is 10.00 Å². The fourth-order valence-electron chi connectivity index (χ4n) is 3.38. The Bertz CT molecular complexity index is 983. The summed E-state index contributed by atoms with van der Waals surface area (Å²) >= 11 is 1.39. The van der Waals surface area contributed by atoms with Crippen LogP contribution in [0.3, 0.4) is 0 Å². The molecule has 1 aliphatic rings. The van der Waals surface area contributed by atoms with Crippen molar-refractivity contribution in [1.82, 2.24) is 9.88 Å². The van der Waals surface area contributed by atoms with Crippen molar-refractivity contribution in [2.75, 3.05) is 5.32 Å². The van der Waals surface area contributed by atoms with Crippen LogP contribution in [0.4, 0.5) is 9.93 Å². The number of carbonyl (C=O) groups excluding carboxylic acids is 2. The van der Waals surface area contributed by atoms with Crippen molar-refractivity contribution in [1.29, 1.82) is 5.26 Å². The summed E-state index contributed by atoms with van der Waals surface area (Å²) in [5.74, 6) is -0.0136. The highest BCUT2D eigenvalue weighted by Gasteiger charge is 2.40. The molecule has 1 N–H and O–H groups in total. The smallest absolute Gasteiger partial charge is 0.411 e. The minimum Gasteiger partial charge on any atom is -0.444 e. The average molecular weight is 427 g/mol. The molecule has 3 rings (SSSR count). The van der Waals surface area contributed by atoms with Crippen LogP contribution in [-0.2, 0) is 22.5 Å². The molecule has 0 fully saturated rings. The number of fused-ring (bicyclic) bond motifs is 1. The lowest BCUT2D eigenvalue weighted by atomic mass is 10.0. The first kappa shape index (κ1) is 21.8. The van der Waals surface area contributed by atoms with E-state index in [1.54, 1.807) is 29.2 Å². The summed E-state index contributed by atoms with van der Waals surface area (Å²) in [6, 6.07) is 8.81. The molecule has 0 saturated heterocycles. The van der Waals surface area contributed by atoms with Crippen molar-refractivity contribution < 1.29 is 14.3 Å². The molecule has 0 saturated carbocycles. The van der Waals surface area contributed by atoms with E-state index in [0.717, 1.165) is 16.1 Å². The van der Waals surface area contributed by atoms with E-state index in [1.165, 1.54) is 11.3 Å². The van der Waals surface area contributed by atoms with E-state index in [1.807, 2.05) is 34.6 Å². The summed E-state index contributed by atoms with van der Waals surface area (Å²) < 4.78 is 5.55. The lowest BCUT2D eigenvalue weighted by Crippen LogP contribution is -2.37. The van der Waals surface area contributed by atoms with Gasteiger partial charge in [0.2, 0.25) is 5.91 Å². The molecule has 0 spiro atoms. The highest BCUT2D eigenvalue weighted by molar-refractivity contribution is 7.15. The standard InChI is InChI=1S/C22H26N4O3S/c1-13(2)19-18-16(12-26(19)21(28)29-22(3,4)5)30-20(25-18)24-17(27)10-14-6-8-15(11-23)9-7-14/h6-9,13,19H,10,12H2,1-5H3,(H,24,25,27)/t19-/m0/s1. The average Bonchev–Trinajstić information content (AvgIpc) is 3.17. The van der Waals surface area contributed by atoms with E-state index in [2.05, 4.69) is 16.4 Å². The van der Waals surface area contributed by atoms with Gasteiger partial charge in [0.15, 0.2) is 5.13 Å². The predicted octanol–water partition coefficient (Wildman–Crippen LogP) is 4.64. The third-order valence-electron chi connectivity index (χ3n) is 4.61. The van der Waals surface area contributed by atoms with E-state index in [9.17, 15) is 9.59 Å². The Morgan fingerprint density at radius 1 is 1.33 bits per heavy atom. The minimum absolute atomic E-state index is 0.156. The molecule has 2 aromatic rings. The third-order valence-corrected chi connectivity index (χ3v) is 5.58. The zero-order valence-corrected chi connectivity index (χ0v) is 18.7. The normalized spacial score (nSPS) is 15.6. The summed E-state index contributed by atoms with van der Waals surface area (Å²) in [5, 5.41) is 12.3. The van der Waals surface area contributed by atoms with Gasteiger partial charge in [0.05, 0.1) is 41.2 Å². The van der Waals surface area contributed by atoms with Gasteiger partial charge < -0.3 is 10.1 Å². The van der Waals surface area contributed by atoms with Crippen LogP contribution in [0.25, 0.3) is 0 Å². The summed E-state index contributed by atoms with van der Waals surface area (Å²) in [6.07, 6.45) is -0.147. The number of hydrogen-bond acceptors (Lipinski definition) is 6. The fourth-order valence-corrected chi connectivity index (χ4v) is 4.40. The Morgan fingerprint density at radius 2 is 2.00 bits per heavy atom. The predicted molar refractivity (Wildman–Crippen MR) is 115 cm³/mol. The monoisotopic (exact) mass is 426 g/mol. The van der Waals surface area contributed by atoms with Crippen LogP contribution in [0.5, 0.6) is 0 Å². The molecule has 30 heavy (non-hydrogen) atoms. The fraction of sp³-hybridized carbons (Fsp3) is 0.455. The minimum atomic E-state index is -0.563. The molecule has 0 bridgehead atoms. The van der Waals surface area contributed by atoms with Gasteiger partial charge >= 0.3 is 6.09 Å². The molecular formula is C22H26N4O3S. The third kappa shape index (κ3) is 4.97. The first-order valence-corrected chi connectivity index (χ1v) is 10.7. The van der Waals surface area contributed by atoms with E-state index >= 15 is 0 Å². The van der Waals surface area contributed by atoms with Crippen LogP contribution < -0.4 is 5.32 Å². The van der Waals surface area contributed by atoms with Crippen molar-refractivity contribution in [3.8, 4) is 6.07 Å². The summed E-state index contributed by atoms with van der Waals surface area (Å²) in [5.41, 5.74) is 1.65. The molecule has 158 valence electrons. The topological polar surface area (TPSA) is 95.3 Å². The molecule has 2 heterocycles. The van der Waals surface area contributed by atoms with Gasteiger partial charge in [-0.25, -0.2) is 9.78 Å². The number of thiazole rings is 1. The molecule has 0 aliphatic carbocycles. The Morgan fingerprint density at radius 3 is 2.57 bits per heavy atom. The molecule has 7 nitrogen and oxygen atoms in total. The van der Waals surface area contributed by atoms with Crippen LogP contribution >= 0.6 is 11.3 Å². The number of carbonyl (C=O) groups is 2. The van der Waals surface area contributed by atoms with Crippen molar-refractivity contribution in [2.24, 2.45) is 5.92 Å². The number of hydrogen-bond donors (Lipinski definition) is 1. The van der Waals surface area contributed by atoms with Crippen LogP contribution in [0.1, 0.15) is 62.4 Å². The van der Waals surface area contributed by atoms with Gasteiger partial charge in [-0.15, -0.1) is 0 Å². The van der Waals surface area contributed by atoms with Crippen LogP contribution in [0.15, 0.2) is 24.3 Å². The molecule has 8 heteroatoms. The zero-order chi connectivity index (χ0) is 22.1. The van der Waals surface area contributed by atoms with Gasteiger partial charge in [-0.2, -0.15) is 5.26 Å². The number of nitrogens with zero attached hydrogens (tertiary/aromatic N) is 3. The lowest BCUT2D eigenvalue weighted by molar-refractivity contribution is -0.115. The van der Waals surface area contributed by atoms with E-state index in [-0.39, 0.29) is 30.4 Å². The van der Waals surface area contributed by atoms with Crippen LogP contribution in [-0.4, -0.2) is 27.5 Å². The summed E-state index contributed by atoms with van der Waals surface area (Å²) in [7, 11) is 0. The molecule has 0 radical (unpaired) electrons. The first-order valence-electron chi connectivity index (χ1n) is 9.85. The largest absolute Gasteiger partial charge is 0.444 e. The van der Waals surface area contributed by atoms with Gasteiger partial charge in [-0.3, -0.25) is 9.69 Å². The molecule has 1 aliphatic heterocycles. The lowest BCUT2D eigenvalue weighted by Gasteiger charge is -2.30. The molecule has 1 atom stereocenters. The number of ether oxygens (including phenoxy) is 1. The Kier molecular flexibility index (Phi) is 6.13. The highest BCUT2D eigenvalue weighted by atomic mass is 32.1. The number of nitriles is 1. The summed E-state index contributed by atoms with van der Waals surface area (Å²) in [4.78, 5) is 32.4. The van der Waals surface area contributed by atoms with Crippen molar-refractivity contribution in [2.45, 2.75) is 59.2 Å². The molecule has 0 unspecified atom stereocenters. The van der Waals surface area contributed by atoms with Gasteiger partial charge in [0.1, 0.15) is 5.60 Å². The number of rotatable bonds is 4. The number of amides is 2. The molecule has 1 aromatic heterocycles. The molecule has 1 aromatic carbocycles. The van der Waals surface area contributed by atoms with Crippen molar-refractivity contribution >= 4 is 28.5 Å². The molecule has 2 amide bonds. The van der Waals surface area contributed by atoms with Crippen molar-refractivity contribution in [3.63, 3.8) is 0 Å². The van der Waals surface area contributed by atoms with E-state index in [0.29, 0.717) is 17.2 Å². The SMILES string of the molecule is CC(C)[C@H]1c2nc(NC(=O)Cc3ccc(C#N)cc3)sc2CN1C(=O)OC(C)(C)C. The van der Waals surface area contributed by atoms with Gasteiger partial charge in [-0.05, 0) is 44.4 Å². The maximum absolute atomic E-state index is 12.6. The van der Waals surface area contributed by atoms with Gasteiger partial charge in [0, 0.05) is 0 Å². The van der Waals surface area contributed by atoms with Crippen molar-refractivity contribution in [3.05, 3.63) is 46.0 Å².